The molecule has 0 spiro atoms. The SMILES string of the molecule is CCN(CC)S(=O)(=O)c1cccc(C(=O)OCC#N)c1. The molecule has 0 radical (unpaired) electrons. The van der Waals surface area contributed by atoms with Crippen LogP contribution in [0.25, 0.3) is 0 Å². The van der Waals surface area contributed by atoms with Gasteiger partial charge < -0.3 is 4.74 Å². The summed E-state index contributed by atoms with van der Waals surface area (Å²) in [7, 11) is -3.62. The Balaban J connectivity index is 3.11. The number of carbonyl (C=O) groups excluding carboxylic acids is 1. The summed E-state index contributed by atoms with van der Waals surface area (Å²) in [6, 6.07) is 7.28. The number of carbonyl (C=O) groups is 1. The lowest BCUT2D eigenvalue weighted by atomic mass is 10.2. The van der Waals surface area contributed by atoms with E-state index in [-0.39, 0.29) is 17.1 Å². The first-order valence-electron chi connectivity index (χ1n) is 6.11. The van der Waals surface area contributed by atoms with E-state index in [4.69, 9.17) is 5.26 Å². The summed E-state index contributed by atoms with van der Waals surface area (Å²) in [5, 5.41) is 8.35. The zero-order valence-electron chi connectivity index (χ0n) is 11.4. The second-order valence-corrected chi connectivity index (χ2v) is 5.79. The molecule has 0 saturated heterocycles. The number of rotatable bonds is 6. The normalized spacial score (nSPS) is 11.1. The molecule has 0 N–H and O–H groups in total. The highest BCUT2D eigenvalue weighted by atomic mass is 32.2. The van der Waals surface area contributed by atoms with Crippen LogP contribution in [0, 0.1) is 11.3 Å². The largest absolute Gasteiger partial charge is 0.447 e. The van der Waals surface area contributed by atoms with Crippen molar-refractivity contribution < 1.29 is 17.9 Å². The van der Waals surface area contributed by atoms with Crippen molar-refractivity contribution in [2.24, 2.45) is 0 Å². The summed E-state index contributed by atoms with van der Waals surface area (Å²) in [5.74, 6) is -0.719. The Morgan fingerprint density at radius 3 is 2.55 bits per heavy atom. The quantitative estimate of drug-likeness (QED) is 0.740. The maximum Gasteiger partial charge on any atom is 0.339 e. The molecule has 0 saturated carbocycles. The molecule has 0 atom stereocenters. The average Bonchev–Trinajstić information content (AvgIpc) is 2.46. The second kappa shape index (κ2) is 7.03. The lowest BCUT2D eigenvalue weighted by molar-refractivity contribution is 0.0554. The molecule has 0 amide bonds. The minimum absolute atomic E-state index is 0.0348. The van der Waals surface area contributed by atoms with Gasteiger partial charge >= 0.3 is 5.97 Å². The Labute approximate surface area is 118 Å². The predicted molar refractivity (Wildman–Crippen MR) is 72.4 cm³/mol. The number of esters is 1. The molecular weight excluding hydrogens is 280 g/mol. The summed E-state index contributed by atoms with van der Waals surface area (Å²) in [5.41, 5.74) is 0.105. The van der Waals surface area contributed by atoms with Gasteiger partial charge in [-0.1, -0.05) is 19.9 Å². The third kappa shape index (κ3) is 3.56. The number of hydrogen-bond donors (Lipinski definition) is 0. The number of nitriles is 1. The van der Waals surface area contributed by atoms with Crippen LogP contribution in [0.15, 0.2) is 29.2 Å². The van der Waals surface area contributed by atoms with Crippen LogP contribution in [-0.4, -0.2) is 38.4 Å². The van der Waals surface area contributed by atoms with E-state index < -0.39 is 16.0 Å². The number of ether oxygens (including phenoxy) is 1. The van der Waals surface area contributed by atoms with Crippen molar-refractivity contribution in [1.82, 2.24) is 4.31 Å². The molecule has 108 valence electrons. The van der Waals surface area contributed by atoms with Gasteiger partial charge in [-0.2, -0.15) is 9.57 Å². The first-order valence-corrected chi connectivity index (χ1v) is 7.55. The van der Waals surface area contributed by atoms with Crippen LogP contribution in [0.1, 0.15) is 24.2 Å². The van der Waals surface area contributed by atoms with E-state index in [1.54, 1.807) is 19.9 Å². The molecule has 0 bridgehead atoms. The van der Waals surface area contributed by atoms with Gasteiger partial charge in [-0.3, -0.25) is 0 Å². The van der Waals surface area contributed by atoms with Crippen molar-refractivity contribution in [3.63, 3.8) is 0 Å². The first kappa shape index (κ1) is 16.1. The molecular formula is C13H16N2O4S. The molecule has 0 aliphatic carbocycles. The first-order chi connectivity index (χ1) is 9.47. The summed E-state index contributed by atoms with van der Waals surface area (Å²) in [6.45, 7) is 3.81. The van der Waals surface area contributed by atoms with Gasteiger partial charge in [0.2, 0.25) is 10.0 Å². The van der Waals surface area contributed by atoms with Gasteiger partial charge in [0, 0.05) is 13.1 Å². The van der Waals surface area contributed by atoms with E-state index in [1.165, 1.54) is 28.6 Å². The number of sulfonamides is 1. The summed E-state index contributed by atoms with van der Waals surface area (Å²) < 4.78 is 30.6. The zero-order chi connectivity index (χ0) is 15.2. The summed E-state index contributed by atoms with van der Waals surface area (Å²) in [6.07, 6.45) is 0. The predicted octanol–water partition coefficient (Wildman–Crippen LogP) is 1.40. The van der Waals surface area contributed by atoms with Crippen LogP contribution in [0.4, 0.5) is 0 Å². The second-order valence-electron chi connectivity index (χ2n) is 3.85. The lowest BCUT2D eigenvalue weighted by Crippen LogP contribution is -2.30. The van der Waals surface area contributed by atoms with Crippen molar-refractivity contribution in [2.45, 2.75) is 18.7 Å². The molecule has 0 heterocycles. The van der Waals surface area contributed by atoms with E-state index in [2.05, 4.69) is 4.74 Å². The molecule has 0 aliphatic rings. The summed E-state index contributed by atoms with van der Waals surface area (Å²) in [4.78, 5) is 11.6. The van der Waals surface area contributed by atoms with Gasteiger partial charge in [0.25, 0.3) is 0 Å². The maximum absolute atomic E-state index is 12.3. The Hall–Kier alpha value is -1.91. The van der Waals surface area contributed by atoms with Gasteiger partial charge in [-0.05, 0) is 18.2 Å². The standard InChI is InChI=1S/C13H16N2O4S/c1-3-15(4-2)20(17,18)12-7-5-6-11(10-12)13(16)19-9-8-14/h5-7,10H,3-4,9H2,1-2H3. The summed E-state index contributed by atoms with van der Waals surface area (Å²) >= 11 is 0. The molecule has 7 heteroatoms. The lowest BCUT2D eigenvalue weighted by Gasteiger charge is -2.18. The fourth-order valence-corrected chi connectivity index (χ4v) is 3.18. The highest BCUT2D eigenvalue weighted by Gasteiger charge is 2.22. The van der Waals surface area contributed by atoms with Gasteiger partial charge in [-0.25, -0.2) is 13.2 Å². The monoisotopic (exact) mass is 296 g/mol. The van der Waals surface area contributed by atoms with Gasteiger partial charge in [0.15, 0.2) is 6.61 Å². The third-order valence-corrected chi connectivity index (χ3v) is 4.73. The van der Waals surface area contributed by atoms with Crippen molar-refractivity contribution in [3.05, 3.63) is 29.8 Å². The minimum atomic E-state index is -3.62. The van der Waals surface area contributed by atoms with Crippen LogP contribution in [0.2, 0.25) is 0 Å². The Kier molecular flexibility index (Phi) is 5.67. The molecule has 1 aromatic rings. The molecule has 6 nitrogen and oxygen atoms in total. The number of benzene rings is 1. The zero-order valence-corrected chi connectivity index (χ0v) is 12.2. The van der Waals surface area contributed by atoms with Gasteiger partial charge in [0.1, 0.15) is 6.07 Å². The van der Waals surface area contributed by atoms with Crippen molar-refractivity contribution >= 4 is 16.0 Å². The van der Waals surface area contributed by atoms with Crippen molar-refractivity contribution in [3.8, 4) is 6.07 Å². The van der Waals surface area contributed by atoms with E-state index in [1.807, 2.05) is 0 Å². The average molecular weight is 296 g/mol. The Bertz CT molecular complexity index is 616. The van der Waals surface area contributed by atoms with Crippen molar-refractivity contribution in [1.29, 1.82) is 5.26 Å². The van der Waals surface area contributed by atoms with Crippen LogP contribution >= 0.6 is 0 Å². The highest BCUT2D eigenvalue weighted by Crippen LogP contribution is 2.17. The molecule has 1 aromatic carbocycles. The molecule has 0 aliphatic heterocycles. The number of hydrogen-bond acceptors (Lipinski definition) is 5. The number of nitrogens with zero attached hydrogens (tertiary/aromatic N) is 2. The fraction of sp³-hybridized carbons (Fsp3) is 0.385. The maximum atomic E-state index is 12.3. The Morgan fingerprint density at radius 1 is 1.35 bits per heavy atom. The Morgan fingerprint density at radius 2 is 2.00 bits per heavy atom. The van der Waals surface area contributed by atoms with E-state index in [9.17, 15) is 13.2 Å². The smallest absolute Gasteiger partial charge is 0.339 e. The highest BCUT2D eigenvalue weighted by molar-refractivity contribution is 7.89. The van der Waals surface area contributed by atoms with E-state index in [0.29, 0.717) is 13.1 Å². The molecule has 1 rings (SSSR count). The fourth-order valence-electron chi connectivity index (χ4n) is 1.68. The molecule has 0 unspecified atom stereocenters. The van der Waals surface area contributed by atoms with Gasteiger partial charge in [-0.15, -0.1) is 0 Å². The van der Waals surface area contributed by atoms with E-state index in [0.717, 1.165) is 0 Å². The minimum Gasteiger partial charge on any atom is -0.447 e. The van der Waals surface area contributed by atoms with Crippen molar-refractivity contribution in [2.75, 3.05) is 19.7 Å². The van der Waals surface area contributed by atoms with Crippen LogP contribution in [0.3, 0.4) is 0 Å². The molecule has 20 heavy (non-hydrogen) atoms. The molecule has 0 aromatic heterocycles. The third-order valence-electron chi connectivity index (χ3n) is 2.68. The van der Waals surface area contributed by atoms with Crippen LogP contribution in [-0.2, 0) is 14.8 Å². The van der Waals surface area contributed by atoms with Gasteiger partial charge in [0.05, 0.1) is 10.5 Å². The van der Waals surface area contributed by atoms with Crippen LogP contribution < -0.4 is 0 Å². The van der Waals surface area contributed by atoms with Crippen LogP contribution in [0.5, 0.6) is 0 Å². The topological polar surface area (TPSA) is 87.5 Å². The van der Waals surface area contributed by atoms with E-state index >= 15 is 0 Å². The molecule has 0 fully saturated rings.